The van der Waals surface area contributed by atoms with E-state index in [2.05, 4.69) is 22.5 Å². The van der Waals surface area contributed by atoms with E-state index in [4.69, 9.17) is 0 Å². The molecule has 1 aromatic carbocycles. The normalized spacial score (nSPS) is 27.3. The molecule has 4 aliphatic rings. The molecular weight excluding hydrogens is 392 g/mol. The van der Waals surface area contributed by atoms with E-state index in [1.165, 1.54) is 11.3 Å². The molecule has 162 valence electrons. The molecule has 0 radical (unpaired) electrons. The van der Waals surface area contributed by atoms with Crippen molar-refractivity contribution < 1.29 is 9.72 Å². The molecule has 6 rings (SSSR count). The molecule has 1 aromatic heterocycles. The number of likely N-dealkylation sites (tertiary alicyclic amines) is 1. The number of aromatic nitrogens is 1. The van der Waals surface area contributed by atoms with Crippen molar-refractivity contribution in [3.05, 3.63) is 45.6 Å². The Hall–Kier alpha value is -2.67. The number of nitro benzene ring substituents is 1. The zero-order chi connectivity index (χ0) is 21.3. The molecule has 0 spiro atoms. The monoisotopic (exact) mass is 420 g/mol. The summed E-state index contributed by atoms with van der Waals surface area (Å²) in [5, 5.41) is 12.6. The minimum atomic E-state index is -0.337. The number of amides is 1. The summed E-state index contributed by atoms with van der Waals surface area (Å²) in [4.78, 5) is 29.5. The van der Waals surface area contributed by atoms with Gasteiger partial charge in [0.1, 0.15) is 5.70 Å². The first kappa shape index (κ1) is 19.0. The zero-order valence-corrected chi connectivity index (χ0v) is 18.0. The molecule has 5 heterocycles. The van der Waals surface area contributed by atoms with Gasteiger partial charge in [0.2, 0.25) is 0 Å². The molecule has 4 aliphatic heterocycles. The predicted octanol–water partition coefficient (Wildman–Crippen LogP) is 4.12. The average molecular weight is 421 g/mol. The summed E-state index contributed by atoms with van der Waals surface area (Å²) in [6.45, 7) is 5.93. The lowest BCUT2D eigenvalue weighted by Crippen LogP contribution is -2.51. The third kappa shape index (κ3) is 2.53. The number of nitrogens with zero attached hydrogens (tertiary/aromatic N) is 4. The number of hydrogen-bond acceptors (Lipinski definition) is 4. The molecular formula is C24H28N4O3. The zero-order valence-electron chi connectivity index (χ0n) is 18.0. The molecule has 7 heteroatoms. The van der Waals surface area contributed by atoms with Gasteiger partial charge in [-0.15, -0.1) is 0 Å². The van der Waals surface area contributed by atoms with Crippen molar-refractivity contribution >= 4 is 28.2 Å². The topological polar surface area (TPSA) is 71.6 Å². The highest BCUT2D eigenvalue weighted by atomic mass is 16.6. The quantitative estimate of drug-likeness (QED) is 0.553. The first-order valence-corrected chi connectivity index (χ1v) is 11.6. The standard InChI is InChI=1S/C24H28N4O3/c1-2-24-9-5-12-25-13-8-18-17-7-6-16(28(30)31)14-19(17)27(21(18)22(24)25)20(15-24)23(29)26-10-3-4-11-26/h6-7,14-15,22H,2-5,8-13H2,1H3. The van der Waals surface area contributed by atoms with Crippen molar-refractivity contribution in [1.82, 2.24) is 14.4 Å². The maximum atomic E-state index is 13.8. The van der Waals surface area contributed by atoms with Crippen LogP contribution in [-0.2, 0) is 11.2 Å². The summed E-state index contributed by atoms with van der Waals surface area (Å²) >= 11 is 0. The smallest absolute Gasteiger partial charge is 0.271 e. The number of carbonyl (C=O) groups excluding carboxylic acids is 1. The van der Waals surface area contributed by atoms with Crippen LogP contribution in [0.15, 0.2) is 24.3 Å². The maximum absolute atomic E-state index is 13.8. The van der Waals surface area contributed by atoms with Crippen LogP contribution in [0.1, 0.15) is 56.3 Å². The van der Waals surface area contributed by atoms with Gasteiger partial charge in [-0.1, -0.05) is 6.92 Å². The van der Waals surface area contributed by atoms with Crippen molar-refractivity contribution in [3.63, 3.8) is 0 Å². The highest BCUT2D eigenvalue weighted by molar-refractivity contribution is 6.16. The summed E-state index contributed by atoms with van der Waals surface area (Å²) in [6.07, 6.45) is 8.50. The van der Waals surface area contributed by atoms with Gasteiger partial charge in [0, 0.05) is 48.3 Å². The number of carbonyl (C=O) groups is 1. The van der Waals surface area contributed by atoms with E-state index in [0.29, 0.717) is 0 Å². The van der Waals surface area contributed by atoms with Crippen LogP contribution in [-0.4, -0.2) is 51.4 Å². The molecule has 0 saturated carbocycles. The molecule has 0 N–H and O–H groups in total. The minimum Gasteiger partial charge on any atom is -0.337 e. The van der Waals surface area contributed by atoms with E-state index in [1.807, 2.05) is 11.0 Å². The van der Waals surface area contributed by atoms with Crippen LogP contribution in [0.4, 0.5) is 5.69 Å². The Bertz CT molecular complexity index is 1140. The Morgan fingerprint density at radius 3 is 2.74 bits per heavy atom. The van der Waals surface area contributed by atoms with Crippen LogP contribution in [0.2, 0.25) is 0 Å². The highest BCUT2D eigenvalue weighted by Gasteiger charge is 2.51. The third-order valence-corrected chi connectivity index (χ3v) is 8.15. The predicted molar refractivity (Wildman–Crippen MR) is 119 cm³/mol. The van der Waals surface area contributed by atoms with Crippen molar-refractivity contribution in [2.75, 3.05) is 26.2 Å². The first-order chi connectivity index (χ1) is 15.0. The van der Waals surface area contributed by atoms with Crippen molar-refractivity contribution in [3.8, 4) is 0 Å². The van der Waals surface area contributed by atoms with Crippen molar-refractivity contribution in [2.24, 2.45) is 5.41 Å². The second kappa shape index (κ2) is 6.66. The molecule has 2 fully saturated rings. The van der Waals surface area contributed by atoms with Gasteiger partial charge in [-0.3, -0.25) is 19.8 Å². The van der Waals surface area contributed by atoms with Crippen molar-refractivity contribution in [2.45, 2.75) is 51.5 Å². The fraction of sp³-hybridized carbons (Fsp3) is 0.542. The lowest BCUT2D eigenvalue weighted by molar-refractivity contribution is -0.384. The van der Waals surface area contributed by atoms with E-state index in [-0.39, 0.29) is 28.0 Å². The fourth-order valence-corrected chi connectivity index (χ4v) is 6.67. The number of hydrogen-bond donors (Lipinski definition) is 0. The molecule has 1 amide bonds. The van der Waals surface area contributed by atoms with Gasteiger partial charge in [-0.05, 0) is 62.8 Å². The summed E-state index contributed by atoms with van der Waals surface area (Å²) in [5.41, 5.74) is 4.07. The summed E-state index contributed by atoms with van der Waals surface area (Å²) < 4.78 is 2.11. The van der Waals surface area contributed by atoms with Gasteiger partial charge in [-0.25, -0.2) is 0 Å². The van der Waals surface area contributed by atoms with Gasteiger partial charge >= 0.3 is 0 Å². The van der Waals surface area contributed by atoms with E-state index in [0.717, 1.165) is 81.3 Å². The van der Waals surface area contributed by atoms with Gasteiger partial charge in [0.05, 0.1) is 16.5 Å². The van der Waals surface area contributed by atoms with E-state index < -0.39 is 0 Å². The number of piperidine rings is 1. The van der Waals surface area contributed by atoms with Crippen LogP contribution in [0, 0.1) is 15.5 Å². The number of benzene rings is 1. The lowest BCUT2D eigenvalue weighted by atomic mass is 9.66. The van der Waals surface area contributed by atoms with E-state index in [9.17, 15) is 14.9 Å². The average Bonchev–Trinajstić information content (AvgIpc) is 3.43. The number of fused-ring (bicyclic) bond motifs is 3. The second-order valence-electron chi connectivity index (χ2n) is 9.57. The van der Waals surface area contributed by atoms with E-state index in [1.54, 1.807) is 12.1 Å². The van der Waals surface area contributed by atoms with Crippen LogP contribution in [0.25, 0.3) is 16.6 Å². The number of non-ortho nitro benzene ring substituents is 1. The molecule has 0 aliphatic carbocycles. The van der Waals surface area contributed by atoms with Crippen molar-refractivity contribution in [1.29, 1.82) is 0 Å². The highest BCUT2D eigenvalue weighted by Crippen LogP contribution is 2.57. The van der Waals surface area contributed by atoms with Crippen LogP contribution >= 0.6 is 0 Å². The Labute approximate surface area is 181 Å². The van der Waals surface area contributed by atoms with Gasteiger partial charge in [0.25, 0.3) is 11.6 Å². The molecule has 2 atom stereocenters. The first-order valence-electron chi connectivity index (χ1n) is 11.6. The summed E-state index contributed by atoms with van der Waals surface area (Å²) in [7, 11) is 0. The molecule has 0 bridgehead atoms. The van der Waals surface area contributed by atoms with Gasteiger partial charge in [-0.2, -0.15) is 0 Å². The summed E-state index contributed by atoms with van der Waals surface area (Å²) in [5.74, 6) is 0.0812. The molecule has 31 heavy (non-hydrogen) atoms. The Morgan fingerprint density at radius 2 is 2.00 bits per heavy atom. The largest absolute Gasteiger partial charge is 0.337 e. The Balaban J connectivity index is 1.66. The van der Waals surface area contributed by atoms with Gasteiger partial charge in [0.15, 0.2) is 0 Å². The van der Waals surface area contributed by atoms with Gasteiger partial charge < -0.3 is 9.47 Å². The lowest BCUT2D eigenvalue weighted by Gasteiger charge is -2.53. The SMILES string of the molecule is CCC12C=C(C(=O)N3CCCC3)n3c4c(c5ccc([N+](=O)[O-])cc53)CCN(CCC1)C42. The molecule has 2 unspecified atom stereocenters. The maximum Gasteiger partial charge on any atom is 0.271 e. The molecule has 2 saturated heterocycles. The molecule has 7 nitrogen and oxygen atoms in total. The Kier molecular flexibility index (Phi) is 4.09. The number of nitro groups is 1. The Morgan fingerprint density at radius 1 is 1.19 bits per heavy atom. The molecule has 2 aromatic rings. The van der Waals surface area contributed by atoms with E-state index >= 15 is 0 Å². The fourth-order valence-electron chi connectivity index (χ4n) is 6.67. The summed E-state index contributed by atoms with van der Waals surface area (Å²) in [6, 6.07) is 5.43. The van der Waals surface area contributed by atoms with Crippen LogP contribution in [0.5, 0.6) is 0 Å². The van der Waals surface area contributed by atoms with Crippen LogP contribution in [0.3, 0.4) is 0 Å². The third-order valence-electron chi connectivity index (χ3n) is 8.15. The second-order valence-corrected chi connectivity index (χ2v) is 9.57. The minimum absolute atomic E-state index is 0.0472. The van der Waals surface area contributed by atoms with Crippen LogP contribution < -0.4 is 0 Å². The number of rotatable bonds is 3.